The van der Waals surface area contributed by atoms with Gasteiger partial charge in [0.2, 0.25) is 15.9 Å². The zero-order valence-corrected chi connectivity index (χ0v) is 21.4. The Labute approximate surface area is 216 Å². The van der Waals surface area contributed by atoms with Gasteiger partial charge in [-0.25, -0.2) is 8.42 Å². The molecule has 37 heavy (non-hydrogen) atoms. The molecule has 1 amide bonds. The average Bonchev–Trinajstić information content (AvgIpc) is 3.32. The molecule has 9 nitrogen and oxygen atoms in total. The van der Waals surface area contributed by atoms with Crippen LogP contribution in [0.5, 0.6) is 5.75 Å². The predicted molar refractivity (Wildman–Crippen MR) is 144 cm³/mol. The molecule has 1 fully saturated rings. The molecule has 192 valence electrons. The minimum Gasteiger partial charge on any atom is -0.489 e. The van der Waals surface area contributed by atoms with Gasteiger partial charge in [0.1, 0.15) is 12.4 Å². The van der Waals surface area contributed by atoms with E-state index in [9.17, 15) is 13.2 Å². The summed E-state index contributed by atoms with van der Waals surface area (Å²) in [5.74, 6) is 1.39. The number of fused-ring (bicyclic) bond motifs is 1. The van der Waals surface area contributed by atoms with Gasteiger partial charge in [-0.2, -0.15) is 9.40 Å². The van der Waals surface area contributed by atoms with Crippen LogP contribution in [0.4, 0.5) is 11.5 Å². The first kappa shape index (κ1) is 24.8. The van der Waals surface area contributed by atoms with E-state index in [1.54, 1.807) is 0 Å². The second-order valence-corrected chi connectivity index (χ2v) is 11.1. The average molecular weight is 520 g/mol. The first-order chi connectivity index (χ1) is 17.8. The molecule has 2 N–H and O–H groups in total. The molecule has 1 aliphatic rings. The van der Waals surface area contributed by atoms with Crippen molar-refractivity contribution >= 4 is 38.3 Å². The number of nitrogens with one attached hydrogen (secondary N) is 2. The Bertz CT molecular complexity index is 1480. The van der Waals surface area contributed by atoms with Crippen LogP contribution in [0.25, 0.3) is 10.9 Å². The summed E-state index contributed by atoms with van der Waals surface area (Å²) < 4.78 is 30.9. The van der Waals surface area contributed by atoms with E-state index in [0.29, 0.717) is 38.5 Å². The molecule has 0 saturated carbocycles. The van der Waals surface area contributed by atoms with Crippen molar-refractivity contribution < 1.29 is 17.9 Å². The predicted octanol–water partition coefficient (Wildman–Crippen LogP) is 3.40. The first-order valence-corrected chi connectivity index (χ1v) is 13.9. The van der Waals surface area contributed by atoms with Crippen LogP contribution in [-0.4, -0.2) is 61.3 Å². The molecule has 0 atom stereocenters. The Kier molecular flexibility index (Phi) is 7.11. The van der Waals surface area contributed by atoms with Crippen molar-refractivity contribution in [1.29, 1.82) is 0 Å². The summed E-state index contributed by atoms with van der Waals surface area (Å²) in [5, 5.41) is 11.3. The summed E-state index contributed by atoms with van der Waals surface area (Å²) in [7, 11) is -3.20. The number of nitrogens with zero attached hydrogens (tertiary/aromatic N) is 3. The van der Waals surface area contributed by atoms with Gasteiger partial charge in [-0.1, -0.05) is 42.5 Å². The van der Waals surface area contributed by atoms with Crippen LogP contribution in [0.1, 0.15) is 11.1 Å². The summed E-state index contributed by atoms with van der Waals surface area (Å²) >= 11 is 0. The lowest BCUT2D eigenvalue weighted by molar-refractivity contribution is -0.115. The molecule has 0 radical (unpaired) electrons. The molecule has 0 unspecified atom stereocenters. The van der Waals surface area contributed by atoms with Crippen molar-refractivity contribution in [3.05, 3.63) is 83.9 Å². The minimum atomic E-state index is -3.20. The maximum absolute atomic E-state index is 12.7. The van der Waals surface area contributed by atoms with Gasteiger partial charge >= 0.3 is 0 Å². The standard InChI is InChI=1S/C27H29N5O4S/c1-37(34,35)32-15-13-31(14-16-32)27-24-18-22(9-12-25(24)29-30-27)28-26(33)17-20-7-10-23(11-8-20)36-19-21-5-3-2-4-6-21/h2-12,18H,13-17,19H2,1H3,(H,28,33)(H,29,30). The van der Waals surface area contributed by atoms with Crippen LogP contribution in [0.3, 0.4) is 0 Å². The van der Waals surface area contributed by atoms with Crippen LogP contribution < -0.4 is 15.0 Å². The molecule has 3 aromatic carbocycles. The van der Waals surface area contributed by atoms with E-state index in [0.717, 1.165) is 33.6 Å². The fraction of sp³-hybridized carbons (Fsp3) is 0.259. The molecule has 1 aromatic heterocycles. The third-order valence-electron chi connectivity index (χ3n) is 6.37. The van der Waals surface area contributed by atoms with Gasteiger partial charge in [-0.05, 0) is 41.5 Å². The van der Waals surface area contributed by atoms with Crippen LogP contribution in [0, 0.1) is 0 Å². The molecule has 0 spiro atoms. The number of amides is 1. The molecular formula is C27H29N5O4S. The van der Waals surface area contributed by atoms with Gasteiger partial charge in [0.05, 0.1) is 18.2 Å². The van der Waals surface area contributed by atoms with Crippen LogP contribution in [-0.2, 0) is 27.8 Å². The summed E-state index contributed by atoms with van der Waals surface area (Å²) in [6, 6.07) is 23.1. The third-order valence-corrected chi connectivity index (χ3v) is 7.67. The van der Waals surface area contributed by atoms with Crippen molar-refractivity contribution in [3.63, 3.8) is 0 Å². The van der Waals surface area contributed by atoms with Crippen molar-refractivity contribution in [1.82, 2.24) is 14.5 Å². The smallest absolute Gasteiger partial charge is 0.228 e. The number of carbonyl (C=O) groups is 1. The fourth-order valence-electron chi connectivity index (χ4n) is 4.39. The van der Waals surface area contributed by atoms with Gasteiger partial charge in [-0.15, -0.1) is 0 Å². The zero-order chi connectivity index (χ0) is 25.8. The largest absolute Gasteiger partial charge is 0.489 e. The van der Waals surface area contributed by atoms with E-state index in [1.165, 1.54) is 10.6 Å². The first-order valence-electron chi connectivity index (χ1n) is 12.1. The second-order valence-electron chi connectivity index (χ2n) is 9.10. The van der Waals surface area contributed by atoms with Crippen molar-refractivity contribution in [3.8, 4) is 5.75 Å². The van der Waals surface area contributed by atoms with Gasteiger partial charge in [0.25, 0.3) is 0 Å². The Morgan fingerprint density at radius 2 is 1.70 bits per heavy atom. The summed E-state index contributed by atoms with van der Waals surface area (Å²) in [4.78, 5) is 14.8. The molecule has 10 heteroatoms. The van der Waals surface area contributed by atoms with Crippen molar-refractivity contribution in [2.24, 2.45) is 0 Å². The van der Waals surface area contributed by atoms with Gasteiger partial charge < -0.3 is 15.0 Å². The molecule has 1 aliphatic heterocycles. The van der Waals surface area contributed by atoms with Gasteiger partial charge in [0.15, 0.2) is 5.82 Å². The molecule has 0 bridgehead atoms. The fourth-order valence-corrected chi connectivity index (χ4v) is 5.21. The Morgan fingerprint density at radius 3 is 2.41 bits per heavy atom. The van der Waals surface area contributed by atoms with Crippen LogP contribution in [0.2, 0.25) is 0 Å². The Hall–Kier alpha value is -3.89. The van der Waals surface area contributed by atoms with E-state index in [1.807, 2.05) is 72.8 Å². The number of H-pyrrole nitrogens is 1. The summed E-state index contributed by atoms with van der Waals surface area (Å²) in [6.45, 7) is 2.43. The van der Waals surface area contributed by atoms with Gasteiger partial charge in [0, 0.05) is 37.3 Å². The lowest BCUT2D eigenvalue weighted by Crippen LogP contribution is -2.48. The van der Waals surface area contributed by atoms with E-state index >= 15 is 0 Å². The highest BCUT2D eigenvalue weighted by atomic mass is 32.2. The van der Waals surface area contributed by atoms with E-state index in [4.69, 9.17) is 4.74 Å². The number of sulfonamides is 1. The normalized spacial score (nSPS) is 14.6. The highest BCUT2D eigenvalue weighted by Gasteiger charge is 2.25. The summed E-state index contributed by atoms with van der Waals surface area (Å²) in [6.07, 6.45) is 1.47. The zero-order valence-electron chi connectivity index (χ0n) is 20.6. The Balaban J connectivity index is 1.19. The van der Waals surface area contributed by atoms with E-state index in [2.05, 4.69) is 20.4 Å². The number of aromatic amines is 1. The number of carbonyl (C=O) groups excluding carboxylic acids is 1. The highest BCUT2D eigenvalue weighted by molar-refractivity contribution is 7.88. The summed E-state index contributed by atoms with van der Waals surface area (Å²) in [5.41, 5.74) is 3.51. The monoisotopic (exact) mass is 519 g/mol. The topological polar surface area (TPSA) is 108 Å². The van der Waals surface area contributed by atoms with E-state index in [-0.39, 0.29) is 12.3 Å². The number of hydrogen-bond acceptors (Lipinski definition) is 6. The molecule has 2 heterocycles. The number of benzene rings is 3. The number of rotatable bonds is 8. The third kappa shape index (κ3) is 6.10. The number of anilines is 2. The van der Waals surface area contributed by atoms with Gasteiger partial charge in [-0.3, -0.25) is 9.89 Å². The number of aromatic nitrogens is 2. The van der Waals surface area contributed by atoms with Crippen molar-refractivity contribution in [2.45, 2.75) is 13.0 Å². The lowest BCUT2D eigenvalue weighted by atomic mass is 10.1. The minimum absolute atomic E-state index is 0.121. The number of piperazine rings is 1. The number of ether oxygens (including phenoxy) is 1. The molecule has 0 aliphatic carbocycles. The molecule has 1 saturated heterocycles. The highest BCUT2D eigenvalue weighted by Crippen LogP contribution is 2.28. The maximum atomic E-state index is 12.7. The van der Waals surface area contributed by atoms with Crippen LogP contribution >= 0.6 is 0 Å². The SMILES string of the molecule is CS(=O)(=O)N1CCN(c2n[nH]c3ccc(NC(=O)Cc4ccc(OCc5ccccc5)cc4)cc23)CC1. The molecule has 5 rings (SSSR count). The quantitative estimate of drug-likeness (QED) is 0.370. The van der Waals surface area contributed by atoms with Crippen molar-refractivity contribution in [2.75, 3.05) is 42.7 Å². The van der Waals surface area contributed by atoms with E-state index < -0.39 is 10.0 Å². The van der Waals surface area contributed by atoms with Crippen LogP contribution in [0.15, 0.2) is 72.8 Å². The Morgan fingerprint density at radius 1 is 0.973 bits per heavy atom. The number of hydrogen-bond donors (Lipinski definition) is 2. The molecule has 4 aromatic rings. The molecular weight excluding hydrogens is 490 g/mol. The lowest BCUT2D eigenvalue weighted by Gasteiger charge is -2.33. The second kappa shape index (κ2) is 10.6. The maximum Gasteiger partial charge on any atom is 0.228 e.